The molecule has 118 valence electrons. The number of fused-ring (bicyclic) bond motifs is 3. The van der Waals surface area contributed by atoms with Gasteiger partial charge in [0.25, 0.3) is 5.91 Å². The van der Waals surface area contributed by atoms with Gasteiger partial charge in [0.05, 0.1) is 23.3 Å². The molecule has 3 aliphatic rings. The lowest BCUT2D eigenvalue weighted by molar-refractivity contribution is -0.127. The lowest BCUT2D eigenvalue weighted by Crippen LogP contribution is -2.63. The molecule has 1 amide bonds. The van der Waals surface area contributed by atoms with Gasteiger partial charge in [0.15, 0.2) is 0 Å². The first-order chi connectivity index (χ1) is 11.0. The lowest BCUT2D eigenvalue weighted by Gasteiger charge is -2.55. The Morgan fingerprint density at radius 3 is 3.00 bits per heavy atom. The second-order valence-electron chi connectivity index (χ2n) is 6.94. The molecule has 2 aromatic rings. The molecule has 2 heterocycles. The second kappa shape index (κ2) is 4.80. The average molecular weight is 310 g/mol. The predicted octanol–water partition coefficient (Wildman–Crippen LogP) is 1.71. The highest BCUT2D eigenvalue weighted by molar-refractivity contribution is 5.98. The van der Waals surface area contributed by atoms with Crippen molar-refractivity contribution in [1.82, 2.24) is 15.3 Å². The van der Waals surface area contributed by atoms with E-state index in [9.17, 15) is 9.90 Å². The fraction of sp³-hybridized carbons (Fsp3) is 0.471. The van der Waals surface area contributed by atoms with Crippen molar-refractivity contribution in [1.29, 1.82) is 5.26 Å². The van der Waals surface area contributed by atoms with E-state index in [1.54, 1.807) is 18.3 Å². The van der Waals surface area contributed by atoms with E-state index in [1.807, 2.05) is 6.92 Å². The molecular formula is C17H18N4O2. The number of H-pyrrole nitrogens is 1. The number of pyridine rings is 1. The average Bonchev–Trinajstić information content (AvgIpc) is 2.91. The van der Waals surface area contributed by atoms with E-state index in [0.717, 1.165) is 19.3 Å². The smallest absolute Gasteiger partial charge is 0.268 e. The maximum atomic E-state index is 12.5. The van der Waals surface area contributed by atoms with E-state index >= 15 is 0 Å². The van der Waals surface area contributed by atoms with Gasteiger partial charge in [-0.05, 0) is 50.2 Å². The highest BCUT2D eigenvalue weighted by Crippen LogP contribution is 2.50. The summed E-state index contributed by atoms with van der Waals surface area (Å²) in [6.45, 7) is 1.82. The van der Waals surface area contributed by atoms with Crippen LogP contribution in [-0.4, -0.2) is 32.6 Å². The number of hydrogen-bond donors (Lipinski definition) is 3. The topological polar surface area (TPSA) is 102 Å². The number of aliphatic hydroxyl groups is 1. The van der Waals surface area contributed by atoms with E-state index in [2.05, 4.69) is 21.4 Å². The number of aromatic amines is 1. The Bertz CT molecular complexity index is 827. The van der Waals surface area contributed by atoms with Crippen LogP contribution in [0.5, 0.6) is 0 Å². The zero-order valence-corrected chi connectivity index (χ0v) is 12.8. The summed E-state index contributed by atoms with van der Waals surface area (Å²) in [7, 11) is 0. The van der Waals surface area contributed by atoms with Gasteiger partial charge >= 0.3 is 0 Å². The largest absolute Gasteiger partial charge is 0.388 e. The van der Waals surface area contributed by atoms with E-state index in [4.69, 9.17) is 5.26 Å². The Kier molecular flexibility index (Phi) is 2.97. The molecule has 0 aliphatic heterocycles. The molecule has 2 aromatic heterocycles. The summed E-state index contributed by atoms with van der Waals surface area (Å²) in [6.07, 6.45) is 4.47. The molecule has 0 radical (unpaired) electrons. The molecule has 3 fully saturated rings. The molecule has 2 atom stereocenters. The summed E-state index contributed by atoms with van der Waals surface area (Å²) in [5.74, 6) is 0.625. The normalized spacial score (nSPS) is 32.1. The van der Waals surface area contributed by atoms with Crippen molar-refractivity contribution in [2.75, 3.05) is 0 Å². The third-order valence-electron chi connectivity index (χ3n) is 5.54. The summed E-state index contributed by atoms with van der Waals surface area (Å²) in [5.41, 5.74) is 0.515. The van der Waals surface area contributed by atoms with E-state index in [-0.39, 0.29) is 17.9 Å². The molecule has 0 spiro atoms. The zero-order chi connectivity index (χ0) is 16.2. The minimum absolute atomic E-state index is 0.234. The third-order valence-corrected chi connectivity index (χ3v) is 5.54. The van der Waals surface area contributed by atoms with E-state index < -0.39 is 5.60 Å². The van der Waals surface area contributed by atoms with Gasteiger partial charge < -0.3 is 15.4 Å². The fourth-order valence-corrected chi connectivity index (χ4v) is 3.95. The summed E-state index contributed by atoms with van der Waals surface area (Å²) < 4.78 is 0. The number of amides is 1. The van der Waals surface area contributed by atoms with Gasteiger partial charge in [0.1, 0.15) is 11.3 Å². The molecule has 0 unspecified atom stereocenters. The van der Waals surface area contributed by atoms with Gasteiger partial charge in [-0.15, -0.1) is 0 Å². The third kappa shape index (κ3) is 2.12. The number of aromatic nitrogens is 2. The van der Waals surface area contributed by atoms with Gasteiger partial charge in [-0.2, -0.15) is 5.26 Å². The number of nitriles is 1. The van der Waals surface area contributed by atoms with Gasteiger partial charge in [-0.25, -0.2) is 4.98 Å². The van der Waals surface area contributed by atoms with Crippen LogP contribution in [0.15, 0.2) is 18.3 Å². The number of carbonyl (C=O) groups is 1. The molecule has 23 heavy (non-hydrogen) atoms. The van der Waals surface area contributed by atoms with Gasteiger partial charge in [0, 0.05) is 11.6 Å². The summed E-state index contributed by atoms with van der Waals surface area (Å²) in [5, 5.41) is 23.4. The number of rotatable bonds is 2. The molecule has 2 bridgehead atoms. The Labute approximate surface area is 133 Å². The van der Waals surface area contributed by atoms with Crippen LogP contribution in [0.25, 0.3) is 11.0 Å². The Hall–Kier alpha value is -2.39. The Morgan fingerprint density at radius 2 is 2.30 bits per heavy atom. The molecule has 3 saturated carbocycles. The molecule has 6 nitrogen and oxygen atoms in total. The molecule has 3 aliphatic carbocycles. The SMILES string of the molecule is C[C@@]1(O)[C@H]2C[C@@H](C[C@@H]1NC(=O)c1cc3c(C#N)ccnc3[nH]1)C2. The van der Waals surface area contributed by atoms with Crippen molar-refractivity contribution in [3.63, 3.8) is 0 Å². The molecule has 6 heteroatoms. The van der Waals surface area contributed by atoms with Crippen molar-refractivity contribution < 1.29 is 9.90 Å². The highest BCUT2D eigenvalue weighted by Gasteiger charge is 2.53. The number of nitrogens with one attached hydrogen (secondary N) is 2. The Balaban J connectivity index is 1.59. The maximum Gasteiger partial charge on any atom is 0.268 e. The minimum Gasteiger partial charge on any atom is -0.388 e. The highest BCUT2D eigenvalue weighted by atomic mass is 16.3. The van der Waals surface area contributed by atoms with Gasteiger partial charge in [0.2, 0.25) is 0 Å². The monoisotopic (exact) mass is 310 g/mol. The van der Waals surface area contributed by atoms with E-state index in [1.165, 1.54) is 0 Å². The van der Waals surface area contributed by atoms with Crippen LogP contribution in [0.3, 0.4) is 0 Å². The molecule has 3 N–H and O–H groups in total. The molecule has 5 rings (SSSR count). The van der Waals surface area contributed by atoms with Crippen LogP contribution < -0.4 is 5.32 Å². The van der Waals surface area contributed by atoms with Crippen molar-refractivity contribution in [3.05, 3.63) is 29.6 Å². The van der Waals surface area contributed by atoms with E-state index in [0.29, 0.717) is 28.2 Å². The fourth-order valence-electron chi connectivity index (χ4n) is 3.95. The first-order valence-electron chi connectivity index (χ1n) is 7.90. The zero-order valence-electron chi connectivity index (χ0n) is 12.8. The number of nitrogens with zero attached hydrogens (tertiary/aromatic N) is 2. The van der Waals surface area contributed by atoms with Crippen molar-refractivity contribution in [2.45, 2.75) is 37.8 Å². The summed E-state index contributed by atoms with van der Waals surface area (Å²) in [4.78, 5) is 19.6. The molecule has 0 saturated heterocycles. The minimum atomic E-state index is -0.855. The van der Waals surface area contributed by atoms with Gasteiger partial charge in [-0.1, -0.05) is 0 Å². The molecule has 0 aromatic carbocycles. The standard InChI is InChI=1S/C17H18N4O2/c1-17(23)11-4-9(5-11)6-14(17)21-16(22)13-7-12-10(8-18)2-3-19-15(12)20-13/h2-3,7,9,11,14,23H,4-6H2,1H3,(H,19,20)(H,21,22)/t9-,11+,14-,17+/m0/s1. The van der Waals surface area contributed by atoms with Crippen molar-refractivity contribution in [2.24, 2.45) is 11.8 Å². The van der Waals surface area contributed by atoms with Crippen LogP contribution in [0.1, 0.15) is 42.2 Å². The quantitative estimate of drug-likeness (QED) is 0.786. The number of carbonyl (C=O) groups excluding carboxylic acids is 1. The number of hydrogen-bond acceptors (Lipinski definition) is 4. The Morgan fingerprint density at radius 1 is 1.52 bits per heavy atom. The lowest BCUT2D eigenvalue weighted by atomic mass is 9.56. The van der Waals surface area contributed by atoms with Crippen LogP contribution in [0.2, 0.25) is 0 Å². The summed E-state index contributed by atoms with van der Waals surface area (Å²) >= 11 is 0. The first-order valence-corrected chi connectivity index (χ1v) is 7.90. The molecular weight excluding hydrogens is 292 g/mol. The summed E-state index contributed by atoms with van der Waals surface area (Å²) in [6, 6.07) is 5.13. The van der Waals surface area contributed by atoms with Gasteiger partial charge in [-0.3, -0.25) is 4.79 Å². The predicted molar refractivity (Wildman–Crippen MR) is 83.5 cm³/mol. The van der Waals surface area contributed by atoms with Crippen molar-refractivity contribution in [3.8, 4) is 6.07 Å². The van der Waals surface area contributed by atoms with Crippen LogP contribution in [0.4, 0.5) is 0 Å². The van der Waals surface area contributed by atoms with Crippen LogP contribution in [0, 0.1) is 23.2 Å². The van der Waals surface area contributed by atoms with Crippen LogP contribution >= 0.6 is 0 Å². The first kappa shape index (κ1) is 14.2. The van der Waals surface area contributed by atoms with Crippen LogP contribution in [-0.2, 0) is 0 Å². The maximum absolute atomic E-state index is 12.5. The second-order valence-corrected chi connectivity index (χ2v) is 6.94. The van der Waals surface area contributed by atoms with Crippen molar-refractivity contribution >= 4 is 16.9 Å².